The van der Waals surface area contributed by atoms with Crippen molar-refractivity contribution in [2.75, 3.05) is 6.61 Å². The maximum Gasteiger partial charge on any atom is 0.344 e. The molecule has 0 heterocycles. The summed E-state index contributed by atoms with van der Waals surface area (Å²) >= 11 is 0. The van der Waals surface area contributed by atoms with Gasteiger partial charge in [-0.1, -0.05) is 29.4 Å². The first-order valence-corrected chi connectivity index (χ1v) is 9.25. The third kappa shape index (κ3) is 7.11. The highest BCUT2D eigenvalue weighted by Gasteiger charge is 2.08. The fourth-order valence-electron chi connectivity index (χ4n) is 2.51. The summed E-state index contributed by atoms with van der Waals surface area (Å²) in [6.07, 6.45) is 1.34. The van der Waals surface area contributed by atoms with Crippen LogP contribution in [0.4, 0.5) is 8.78 Å². The highest BCUT2D eigenvalue weighted by molar-refractivity contribution is 5.80. The monoisotopic (exact) mass is 427 g/mol. The molecule has 0 radical (unpaired) electrons. The minimum Gasteiger partial charge on any atom is -0.485 e. The van der Waals surface area contributed by atoms with Crippen molar-refractivity contribution in [2.45, 2.75) is 13.2 Å². The first-order valence-electron chi connectivity index (χ1n) is 9.25. The van der Waals surface area contributed by atoms with Gasteiger partial charge in [0.15, 0.2) is 11.5 Å². The van der Waals surface area contributed by atoms with E-state index in [2.05, 4.69) is 9.99 Å². The number of carboxylic acids is 1. The quantitative estimate of drug-likeness (QED) is 0.379. The highest BCUT2D eigenvalue weighted by atomic mass is 19.1. The number of halogens is 2. The van der Waals surface area contributed by atoms with Crippen molar-refractivity contribution in [3.05, 3.63) is 95.1 Å². The molecule has 0 saturated carbocycles. The van der Waals surface area contributed by atoms with E-state index in [9.17, 15) is 13.6 Å². The van der Waals surface area contributed by atoms with Gasteiger partial charge < -0.3 is 19.4 Å². The molecule has 0 saturated heterocycles. The van der Waals surface area contributed by atoms with Gasteiger partial charge in [-0.25, -0.2) is 13.6 Å². The topological polar surface area (TPSA) is 77.4 Å². The van der Waals surface area contributed by atoms with Crippen molar-refractivity contribution in [3.63, 3.8) is 0 Å². The molecule has 0 fully saturated rings. The van der Waals surface area contributed by atoms with Gasteiger partial charge in [0.1, 0.15) is 24.8 Å². The standard InChI is InChI=1S/C23H19F2NO5/c24-19-6-1-16(2-7-19)13-29-21-10-5-18(12-26-31-15-23(27)28)11-22(21)30-14-17-3-8-20(25)9-4-17/h1-12H,13-15H2,(H,27,28)/b26-12+. The van der Waals surface area contributed by atoms with Gasteiger partial charge in [-0.2, -0.15) is 0 Å². The van der Waals surface area contributed by atoms with Gasteiger partial charge in [-0.15, -0.1) is 0 Å². The van der Waals surface area contributed by atoms with Crippen LogP contribution in [0.2, 0.25) is 0 Å². The number of hydrogen-bond donors (Lipinski definition) is 1. The summed E-state index contributed by atoms with van der Waals surface area (Å²) in [4.78, 5) is 15.1. The molecule has 31 heavy (non-hydrogen) atoms. The zero-order chi connectivity index (χ0) is 22.1. The molecule has 8 heteroatoms. The number of oxime groups is 1. The summed E-state index contributed by atoms with van der Waals surface area (Å²) < 4.78 is 37.9. The van der Waals surface area contributed by atoms with Gasteiger partial charge in [0, 0.05) is 5.56 Å². The second kappa shape index (κ2) is 10.7. The van der Waals surface area contributed by atoms with E-state index in [1.165, 1.54) is 30.5 Å². The second-order valence-corrected chi connectivity index (χ2v) is 6.44. The normalized spacial score (nSPS) is 10.8. The Labute approximate surface area is 177 Å². The SMILES string of the molecule is O=C(O)CO/N=C/c1ccc(OCc2ccc(F)cc2)c(OCc2ccc(F)cc2)c1. The fraction of sp³-hybridized carbons (Fsp3) is 0.130. The summed E-state index contributed by atoms with van der Waals surface area (Å²) in [6.45, 7) is -0.186. The first kappa shape index (κ1) is 21.8. The summed E-state index contributed by atoms with van der Waals surface area (Å²) in [7, 11) is 0. The minimum absolute atomic E-state index is 0.170. The molecular formula is C23H19F2NO5. The molecule has 0 bridgehead atoms. The van der Waals surface area contributed by atoms with Crippen molar-refractivity contribution in [1.29, 1.82) is 0 Å². The molecule has 0 aliphatic heterocycles. The zero-order valence-electron chi connectivity index (χ0n) is 16.3. The number of ether oxygens (including phenoxy) is 2. The summed E-state index contributed by atoms with van der Waals surface area (Å²) in [5.74, 6) is -0.971. The van der Waals surface area contributed by atoms with Crippen LogP contribution < -0.4 is 9.47 Å². The van der Waals surface area contributed by atoms with E-state index in [1.807, 2.05) is 0 Å². The van der Waals surface area contributed by atoms with E-state index in [1.54, 1.807) is 42.5 Å². The number of aliphatic carboxylic acids is 1. The van der Waals surface area contributed by atoms with Crippen molar-refractivity contribution < 1.29 is 33.0 Å². The fourth-order valence-corrected chi connectivity index (χ4v) is 2.51. The number of hydrogen-bond acceptors (Lipinski definition) is 5. The van der Waals surface area contributed by atoms with E-state index in [0.29, 0.717) is 17.1 Å². The van der Waals surface area contributed by atoms with Crippen LogP contribution in [0.3, 0.4) is 0 Å². The Kier molecular flexibility index (Phi) is 7.53. The van der Waals surface area contributed by atoms with E-state index >= 15 is 0 Å². The van der Waals surface area contributed by atoms with Crippen LogP contribution in [-0.4, -0.2) is 23.9 Å². The molecule has 0 spiro atoms. The Morgan fingerprint density at radius 1 is 0.839 bits per heavy atom. The van der Waals surface area contributed by atoms with Gasteiger partial charge in [-0.05, 0) is 53.6 Å². The molecule has 6 nitrogen and oxygen atoms in total. The molecule has 0 amide bonds. The highest BCUT2D eigenvalue weighted by Crippen LogP contribution is 2.30. The van der Waals surface area contributed by atoms with E-state index in [0.717, 1.165) is 11.1 Å². The molecule has 3 aromatic rings. The lowest BCUT2D eigenvalue weighted by molar-refractivity contribution is -0.142. The van der Waals surface area contributed by atoms with Crippen LogP contribution in [0.25, 0.3) is 0 Å². The average Bonchev–Trinajstić information content (AvgIpc) is 2.76. The predicted molar refractivity (Wildman–Crippen MR) is 109 cm³/mol. The molecule has 0 aromatic heterocycles. The zero-order valence-corrected chi connectivity index (χ0v) is 16.3. The number of carbonyl (C=O) groups is 1. The van der Waals surface area contributed by atoms with Crippen molar-refractivity contribution in [2.24, 2.45) is 5.16 Å². The second-order valence-electron chi connectivity index (χ2n) is 6.44. The number of rotatable bonds is 10. The number of nitrogens with zero attached hydrogens (tertiary/aromatic N) is 1. The number of carboxylic acid groups (broad SMARTS) is 1. The summed E-state index contributed by atoms with van der Waals surface area (Å²) in [5, 5.41) is 12.2. The lowest BCUT2D eigenvalue weighted by Crippen LogP contribution is -2.03. The Hall–Kier alpha value is -3.94. The molecule has 0 aliphatic carbocycles. The Bertz CT molecular complexity index is 1040. The molecular weight excluding hydrogens is 408 g/mol. The largest absolute Gasteiger partial charge is 0.485 e. The van der Waals surface area contributed by atoms with Crippen LogP contribution in [0.1, 0.15) is 16.7 Å². The Morgan fingerprint density at radius 3 is 1.94 bits per heavy atom. The molecule has 3 rings (SSSR count). The van der Waals surface area contributed by atoms with Crippen LogP contribution in [0, 0.1) is 11.6 Å². The smallest absolute Gasteiger partial charge is 0.344 e. The van der Waals surface area contributed by atoms with Gasteiger partial charge in [0.2, 0.25) is 6.61 Å². The van der Waals surface area contributed by atoms with E-state index in [4.69, 9.17) is 14.6 Å². The van der Waals surface area contributed by atoms with Crippen molar-refractivity contribution in [3.8, 4) is 11.5 Å². The van der Waals surface area contributed by atoms with Crippen LogP contribution >= 0.6 is 0 Å². The van der Waals surface area contributed by atoms with Gasteiger partial charge >= 0.3 is 5.97 Å². The van der Waals surface area contributed by atoms with Gasteiger partial charge in [0.25, 0.3) is 0 Å². The van der Waals surface area contributed by atoms with Crippen molar-refractivity contribution in [1.82, 2.24) is 0 Å². The van der Waals surface area contributed by atoms with Crippen LogP contribution in [0.15, 0.2) is 71.9 Å². The van der Waals surface area contributed by atoms with Crippen molar-refractivity contribution >= 4 is 12.2 Å². The summed E-state index contributed by atoms with van der Waals surface area (Å²) in [6, 6.07) is 16.9. The summed E-state index contributed by atoms with van der Waals surface area (Å²) in [5.41, 5.74) is 2.13. The molecule has 1 N–H and O–H groups in total. The van der Waals surface area contributed by atoms with Crippen LogP contribution in [0.5, 0.6) is 11.5 Å². The van der Waals surface area contributed by atoms with Crippen LogP contribution in [-0.2, 0) is 22.8 Å². The van der Waals surface area contributed by atoms with Gasteiger partial charge in [-0.3, -0.25) is 0 Å². The van der Waals surface area contributed by atoms with E-state index < -0.39 is 12.6 Å². The average molecular weight is 427 g/mol. The third-order valence-corrected chi connectivity index (χ3v) is 4.05. The number of benzene rings is 3. The molecule has 0 aliphatic rings. The Morgan fingerprint density at radius 2 is 1.39 bits per heavy atom. The van der Waals surface area contributed by atoms with E-state index in [-0.39, 0.29) is 24.8 Å². The maximum atomic E-state index is 13.1. The Balaban J connectivity index is 1.73. The molecule has 0 atom stereocenters. The third-order valence-electron chi connectivity index (χ3n) is 4.05. The predicted octanol–water partition coefficient (Wildman–Crippen LogP) is 4.56. The maximum absolute atomic E-state index is 13.1. The van der Waals surface area contributed by atoms with Gasteiger partial charge in [0.05, 0.1) is 6.21 Å². The molecule has 0 unspecified atom stereocenters. The lowest BCUT2D eigenvalue weighted by Gasteiger charge is -2.14. The lowest BCUT2D eigenvalue weighted by atomic mass is 10.2. The first-order chi connectivity index (χ1) is 15.0. The molecule has 160 valence electrons. The molecule has 3 aromatic carbocycles. The minimum atomic E-state index is -1.13.